The van der Waals surface area contributed by atoms with Crippen LogP contribution in [0, 0.1) is 5.82 Å². The van der Waals surface area contributed by atoms with Crippen LogP contribution in [-0.2, 0) is 0 Å². The number of nitrogens with one attached hydrogen (secondary N) is 2. The van der Waals surface area contributed by atoms with Crippen LogP contribution in [0.25, 0.3) is 0 Å². The Hall–Kier alpha value is -2.67. The third-order valence-electron chi connectivity index (χ3n) is 3.57. The Labute approximate surface area is 153 Å². The highest BCUT2D eigenvalue weighted by Crippen LogP contribution is 2.26. The Bertz CT molecular complexity index is 873. The maximum atomic E-state index is 13.1. The van der Waals surface area contributed by atoms with Crippen LogP contribution < -0.4 is 10.6 Å². The lowest BCUT2D eigenvalue weighted by Crippen LogP contribution is -2.10. The smallest absolute Gasteiger partial charge is 0.229 e. The maximum absolute atomic E-state index is 13.1. The molecule has 0 fully saturated rings. The van der Waals surface area contributed by atoms with Crippen molar-refractivity contribution in [2.45, 2.75) is 13.0 Å². The van der Waals surface area contributed by atoms with Crippen molar-refractivity contribution in [1.82, 2.24) is 9.97 Å². The highest BCUT2D eigenvalue weighted by Gasteiger charge is 2.11. The number of aromatic hydroxyl groups is 1. The monoisotopic (exact) mass is 402 g/mol. The Morgan fingerprint density at radius 2 is 1.92 bits per heavy atom. The molecule has 5 nitrogen and oxygen atoms in total. The highest BCUT2D eigenvalue weighted by molar-refractivity contribution is 9.10. The summed E-state index contributed by atoms with van der Waals surface area (Å²) in [6, 6.07) is 13.0. The number of nitrogens with zero attached hydrogens (tertiary/aromatic N) is 2. The predicted octanol–water partition coefficient (Wildman–Crippen LogP) is 5.00. The largest absolute Gasteiger partial charge is 0.508 e. The van der Waals surface area contributed by atoms with E-state index in [9.17, 15) is 9.50 Å². The molecule has 0 saturated carbocycles. The van der Waals surface area contributed by atoms with E-state index < -0.39 is 0 Å². The van der Waals surface area contributed by atoms with Crippen molar-refractivity contribution in [2.75, 3.05) is 10.6 Å². The summed E-state index contributed by atoms with van der Waals surface area (Å²) in [5.41, 5.74) is 1.62. The summed E-state index contributed by atoms with van der Waals surface area (Å²) in [6.07, 6.45) is 1.64. The molecule has 0 saturated heterocycles. The Morgan fingerprint density at radius 3 is 2.64 bits per heavy atom. The quantitative estimate of drug-likeness (QED) is 0.559. The van der Waals surface area contributed by atoms with E-state index in [4.69, 9.17) is 0 Å². The highest BCUT2D eigenvalue weighted by atomic mass is 79.9. The SMILES string of the molecule is CC(Nc1nc(Nc2cccc(O)c2)ncc1Br)c1ccc(F)cc1. The molecule has 0 bridgehead atoms. The number of rotatable bonds is 5. The van der Waals surface area contributed by atoms with Crippen LogP contribution in [0.1, 0.15) is 18.5 Å². The summed E-state index contributed by atoms with van der Waals surface area (Å²) in [5.74, 6) is 0.888. The Kier molecular flexibility index (Phi) is 5.14. The Balaban J connectivity index is 1.78. The van der Waals surface area contributed by atoms with Gasteiger partial charge in [-0.15, -0.1) is 0 Å². The lowest BCUT2D eigenvalue weighted by atomic mass is 10.1. The number of hydrogen-bond donors (Lipinski definition) is 3. The molecular formula is C18H16BrFN4O. The van der Waals surface area contributed by atoms with Crippen LogP contribution in [0.2, 0.25) is 0 Å². The van der Waals surface area contributed by atoms with Crippen molar-refractivity contribution in [3.05, 3.63) is 70.6 Å². The molecule has 1 atom stereocenters. The molecule has 1 heterocycles. The fourth-order valence-corrected chi connectivity index (χ4v) is 2.59. The molecule has 0 aliphatic carbocycles. The van der Waals surface area contributed by atoms with Crippen molar-refractivity contribution in [1.29, 1.82) is 0 Å². The van der Waals surface area contributed by atoms with Gasteiger partial charge in [0.25, 0.3) is 0 Å². The van der Waals surface area contributed by atoms with Gasteiger partial charge in [0.05, 0.1) is 4.47 Å². The van der Waals surface area contributed by atoms with Gasteiger partial charge in [-0.1, -0.05) is 18.2 Å². The van der Waals surface area contributed by atoms with E-state index in [1.807, 2.05) is 6.92 Å². The van der Waals surface area contributed by atoms with E-state index in [1.54, 1.807) is 42.6 Å². The first kappa shape index (κ1) is 17.2. The van der Waals surface area contributed by atoms with Gasteiger partial charge in [0.15, 0.2) is 0 Å². The van der Waals surface area contributed by atoms with Gasteiger partial charge in [-0.2, -0.15) is 4.98 Å². The third kappa shape index (κ3) is 4.45. The first-order valence-corrected chi connectivity index (χ1v) is 8.41. The van der Waals surface area contributed by atoms with Gasteiger partial charge >= 0.3 is 0 Å². The first-order valence-electron chi connectivity index (χ1n) is 7.62. The number of hydrogen-bond acceptors (Lipinski definition) is 5. The van der Waals surface area contributed by atoms with Crippen molar-refractivity contribution in [3.63, 3.8) is 0 Å². The number of phenolic OH excluding ortho intramolecular Hbond substituents is 1. The van der Waals surface area contributed by atoms with Gasteiger partial charge in [-0.3, -0.25) is 0 Å². The topological polar surface area (TPSA) is 70.1 Å². The molecule has 2 aromatic carbocycles. The molecule has 0 aliphatic rings. The molecule has 128 valence electrons. The van der Waals surface area contributed by atoms with Crippen LogP contribution >= 0.6 is 15.9 Å². The van der Waals surface area contributed by atoms with Gasteiger partial charge < -0.3 is 15.7 Å². The van der Waals surface area contributed by atoms with Crippen molar-refractivity contribution in [3.8, 4) is 5.75 Å². The lowest BCUT2D eigenvalue weighted by molar-refractivity contribution is 0.475. The molecule has 7 heteroatoms. The van der Waals surface area contributed by atoms with Crippen molar-refractivity contribution < 1.29 is 9.50 Å². The average Bonchev–Trinajstić information content (AvgIpc) is 2.58. The van der Waals surface area contributed by atoms with Gasteiger partial charge in [0, 0.05) is 24.0 Å². The minimum Gasteiger partial charge on any atom is -0.508 e. The second kappa shape index (κ2) is 7.48. The molecular weight excluding hydrogens is 387 g/mol. The third-order valence-corrected chi connectivity index (χ3v) is 4.15. The fraction of sp³-hybridized carbons (Fsp3) is 0.111. The summed E-state index contributed by atoms with van der Waals surface area (Å²) < 4.78 is 13.8. The molecule has 3 rings (SSSR count). The molecule has 0 aliphatic heterocycles. The van der Waals surface area contributed by atoms with Crippen LogP contribution in [0.4, 0.5) is 21.8 Å². The number of halogens is 2. The van der Waals surface area contributed by atoms with E-state index in [0.717, 1.165) is 5.56 Å². The lowest BCUT2D eigenvalue weighted by Gasteiger charge is -2.16. The number of aromatic nitrogens is 2. The summed E-state index contributed by atoms with van der Waals surface area (Å²) in [6.45, 7) is 1.96. The zero-order chi connectivity index (χ0) is 17.8. The average molecular weight is 403 g/mol. The molecule has 1 aromatic heterocycles. The standard InChI is InChI=1S/C18H16BrFN4O/c1-11(12-5-7-13(20)8-6-12)22-17-16(19)10-21-18(24-17)23-14-3-2-4-15(25)9-14/h2-11,25H,1H3,(H2,21,22,23,24). The normalized spacial score (nSPS) is 11.8. The van der Waals surface area contributed by atoms with E-state index in [-0.39, 0.29) is 17.6 Å². The Morgan fingerprint density at radius 1 is 1.16 bits per heavy atom. The van der Waals surface area contributed by atoms with E-state index in [1.165, 1.54) is 12.1 Å². The summed E-state index contributed by atoms with van der Waals surface area (Å²) in [5, 5.41) is 15.8. The van der Waals surface area contributed by atoms with Crippen LogP contribution in [0.3, 0.4) is 0 Å². The van der Waals surface area contributed by atoms with Crippen LogP contribution in [-0.4, -0.2) is 15.1 Å². The van der Waals surface area contributed by atoms with Gasteiger partial charge in [-0.25, -0.2) is 9.37 Å². The molecule has 1 unspecified atom stereocenters. The predicted molar refractivity (Wildman–Crippen MR) is 99.6 cm³/mol. The number of phenols is 1. The van der Waals surface area contributed by atoms with Crippen LogP contribution in [0.5, 0.6) is 5.75 Å². The summed E-state index contributed by atoms with van der Waals surface area (Å²) >= 11 is 3.42. The minimum atomic E-state index is -0.267. The van der Waals surface area contributed by atoms with E-state index in [0.29, 0.717) is 21.9 Å². The fourth-order valence-electron chi connectivity index (χ4n) is 2.28. The summed E-state index contributed by atoms with van der Waals surface area (Å²) in [7, 11) is 0. The van der Waals surface area contributed by atoms with Crippen molar-refractivity contribution >= 4 is 33.4 Å². The van der Waals surface area contributed by atoms with Crippen LogP contribution in [0.15, 0.2) is 59.2 Å². The zero-order valence-corrected chi connectivity index (χ0v) is 15.0. The second-order valence-corrected chi connectivity index (χ2v) is 6.34. The zero-order valence-electron chi connectivity index (χ0n) is 13.4. The molecule has 0 spiro atoms. The van der Waals surface area contributed by atoms with Crippen molar-refractivity contribution in [2.24, 2.45) is 0 Å². The summed E-state index contributed by atoms with van der Waals surface area (Å²) in [4.78, 5) is 8.66. The number of anilines is 3. The molecule has 3 aromatic rings. The minimum absolute atomic E-state index is 0.0691. The second-order valence-electron chi connectivity index (χ2n) is 5.48. The van der Waals surface area contributed by atoms with Gasteiger partial charge in [-0.05, 0) is 52.7 Å². The van der Waals surface area contributed by atoms with E-state index >= 15 is 0 Å². The molecule has 0 amide bonds. The van der Waals surface area contributed by atoms with Gasteiger partial charge in [0.1, 0.15) is 17.4 Å². The van der Waals surface area contributed by atoms with Gasteiger partial charge in [0.2, 0.25) is 5.95 Å². The molecule has 0 radical (unpaired) electrons. The first-order chi connectivity index (χ1) is 12.0. The van der Waals surface area contributed by atoms with E-state index in [2.05, 4.69) is 36.5 Å². The molecule has 3 N–H and O–H groups in total. The maximum Gasteiger partial charge on any atom is 0.229 e. The molecule has 25 heavy (non-hydrogen) atoms. The number of benzene rings is 2.